The molecule has 1 heterocycles. The lowest BCUT2D eigenvalue weighted by Crippen LogP contribution is -2.32. The molecule has 0 aromatic carbocycles. The highest BCUT2D eigenvalue weighted by molar-refractivity contribution is 5.74. The lowest BCUT2D eigenvalue weighted by molar-refractivity contribution is 0.490. The maximum atomic E-state index is 11.5. The fourth-order valence-corrected chi connectivity index (χ4v) is 1.87. The third kappa shape index (κ3) is 6.19. The number of nitrogens with zero attached hydrogens (tertiary/aromatic N) is 2. The number of aryl methyl sites for hydroxylation is 1. The standard InChI is InChI=1S/C12H23N7O/c13-9(3-1-6-17-11(15)16)4-2-7-19-8-5-10(14)18-12(19)20/h5,8-9H,1-4,6-7,13H2,(H2,14,18,20)(H4,15,16,17)/t9-/m0/s1. The van der Waals surface area contributed by atoms with E-state index in [1.807, 2.05) is 0 Å². The molecule has 1 aromatic heterocycles. The molecule has 0 spiro atoms. The lowest BCUT2D eigenvalue weighted by atomic mass is 10.1. The van der Waals surface area contributed by atoms with E-state index in [1.165, 1.54) is 4.57 Å². The van der Waals surface area contributed by atoms with Crippen molar-refractivity contribution in [2.24, 2.45) is 11.5 Å². The molecule has 0 unspecified atom stereocenters. The van der Waals surface area contributed by atoms with Crippen molar-refractivity contribution in [3.63, 3.8) is 0 Å². The van der Waals surface area contributed by atoms with Crippen LogP contribution in [0, 0.1) is 5.41 Å². The molecule has 1 rings (SSSR count). The minimum absolute atomic E-state index is 0.0196. The molecule has 0 amide bonds. The number of hydrogen-bond donors (Lipinski definition) is 5. The number of guanidine groups is 1. The monoisotopic (exact) mass is 281 g/mol. The lowest BCUT2D eigenvalue weighted by Gasteiger charge is -2.12. The molecular formula is C12H23N7O. The number of nitrogen functional groups attached to an aromatic ring is 1. The Morgan fingerprint density at radius 2 is 2.15 bits per heavy atom. The van der Waals surface area contributed by atoms with Crippen LogP contribution >= 0.6 is 0 Å². The van der Waals surface area contributed by atoms with E-state index in [4.69, 9.17) is 22.6 Å². The van der Waals surface area contributed by atoms with Gasteiger partial charge in [-0.1, -0.05) is 0 Å². The van der Waals surface area contributed by atoms with Crippen LogP contribution in [0.3, 0.4) is 0 Å². The molecule has 8 nitrogen and oxygen atoms in total. The quantitative estimate of drug-likeness (QED) is 0.239. The van der Waals surface area contributed by atoms with E-state index in [-0.39, 0.29) is 23.5 Å². The molecule has 0 aliphatic carbocycles. The number of rotatable bonds is 8. The van der Waals surface area contributed by atoms with Crippen LogP contribution in [0.2, 0.25) is 0 Å². The second-order valence-corrected chi connectivity index (χ2v) is 4.71. The van der Waals surface area contributed by atoms with Gasteiger partial charge in [0, 0.05) is 25.3 Å². The van der Waals surface area contributed by atoms with E-state index in [9.17, 15) is 4.79 Å². The van der Waals surface area contributed by atoms with Gasteiger partial charge in [-0.2, -0.15) is 4.98 Å². The Morgan fingerprint density at radius 1 is 1.45 bits per heavy atom. The average Bonchev–Trinajstić information content (AvgIpc) is 2.37. The molecule has 0 aliphatic heterocycles. The molecule has 1 aromatic rings. The summed E-state index contributed by atoms with van der Waals surface area (Å²) in [5.41, 5.74) is 16.2. The molecule has 0 fully saturated rings. The summed E-state index contributed by atoms with van der Waals surface area (Å²) < 4.78 is 1.53. The topological polar surface area (TPSA) is 149 Å². The summed E-state index contributed by atoms with van der Waals surface area (Å²) in [7, 11) is 0. The van der Waals surface area contributed by atoms with Crippen LogP contribution in [0.15, 0.2) is 17.1 Å². The van der Waals surface area contributed by atoms with Gasteiger partial charge >= 0.3 is 5.69 Å². The summed E-state index contributed by atoms with van der Waals surface area (Å²) >= 11 is 0. The van der Waals surface area contributed by atoms with Crippen LogP contribution in [0.4, 0.5) is 5.82 Å². The van der Waals surface area contributed by atoms with Crippen LogP contribution in [-0.2, 0) is 6.54 Å². The number of hydrogen-bond acceptors (Lipinski definition) is 5. The Labute approximate surface area is 117 Å². The Hall–Kier alpha value is -2.09. The van der Waals surface area contributed by atoms with Crippen molar-refractivity contribution in [1.82, 2.24) is 14.9 Å². The Balaban J connectivity index is 2.19. The fourth-order valence-electron chi connectivity index (χ4n) is 1.87. The van der Waals surface area contributed by atoms with Crippen LogP contribution in [0.5, 0.6) is 0 Å². The number of aromatic nitrogens is 2. The first-order valence-corrected chi connectivity index (χ1v) is 6.65. The molecule has 112 valence electrons. The van der Waals surface area contributed by atoms with Crippen LogP contribution < -0.4 is 28.2 Å². The first-order chi connectivity index (χ1) is 9.49. The van der Waals surface area contributed by atoms with Gasteiger partial charge in [0.05, 0.1) is 0 Å². The zero-order valence-corrected chi connectivity index (χ0v) is 11.5. The van der Waals surface area contributed by atoms with Crippen LogP contribution in [0.25, 0.3) is 0 Å². The predicted octanol–water partition coefficient (Wildman–Crippen LogP) is -0.804. The van der Waals surface area contributed by atoms with Gasteiger partial charge in [-0.3, -0.25) is 9.98 Å². The van der Waals surface area contributed by atoms with Crippen molar-refractivity contribution < 1.29 is 0 Å². The normalized spacial score (nSPS) is 12.1. The highest BCUT2D eigenvalue weighted by atomic mass is 16.1. The summed E-state index contributed by atoms with van der Waals surface area (Å²) in [6, 6.07) is 1.69. The fraction of sp³-hybridized carbons (Fsp3) is 0.583. The van der Waals surface area contributed by atoms with Gasteiger partial charge in [-0.25, -0.2) is 4.79 Å². The van der Waals surface area contributed by atoms with Crippen LogP contribution in [-0.4, -0.2) is 28.1 Å². The predicted molar refractivity (Wildman–Crippen MR) is 79.3 cm³/mol. The van der Waals surface area contributed by atoms with Gasteiger partial charge in [0.25, 0.3) is 0 Å². The minimum Gasteiger partial charge on any atom is -0.383 e. The SMILES string of the molecule is N=C(N)NCCC[C@H](N)CCCn1ccc(N)nc1=O. The maximum Gasteiger partial charge on any atom is 0.349 e. The summed E-state index contributed by atoms with van der Waals surface area (Å²) in [4.78, 5) is 15.2. The zero-order chi connectivity index (χ0) is 15.0. The van der Waals surface area contributed by atoms with Gasteiger partial charge in [0.15, 0.2) is 5.96 Å². The summed E-state index contributed by atoms with van der Waals surface area (Å²) in [6.07, 6.45) is 5.01. The molecule has 0 bridgehead atoms. The van der Waals surface area contributed by atoms with Crippen molar-refractivity contribution in [3.05, 3.63) is 22.7 Å². The molecule has 8 heteroatoms. The third-order valence-corrected chi connectivity index (χ3v) is 2.94. The Kier molecular flexibility index (Phi) is 6.51. The van der Waals surface area contributed by atoms with Crippen molar-refractivity contribution in [2.45, 2.75) is 38.3 Å². The van der Waals surface area contributed by atoms with Gasteiger partial charge in [-0.15, -0.1) is 0 Å². The molecule has 8 N–H and O–H groups in total. The molecule has 0 saturated carbocycles. The molecule has 0 aliphatic rings. The zero-order valence-electron chi connectivity index (χ0n) is 11.5. The molecule has 1 atom stereocenters. The van der Waals surface area contributed by atoms with E-state index in [1.54, 1.807) is 12.3 Å². The smallest absolute Gasteiger partial charge is 0.349 e. The van der Waals surface area contributed by atoms with E-state index >= 15 is 0 Å². The van der Waals surface area contributed by atoms with E-state index in [0.717, 1.165) is 25.7 Å². The number of nitrogens with two attached hydrogens (primary N) is 3. The van der Waals surface area contributed by atoms with Crippen LogP contribution in [0.1, 0.15) is 25.7 Å². The number of nitrogens with one attached hydrogen (secondary N) is 2. The Bertz CT molecular complexity index is 485. The summed E-state index contributed by atoms with van der Waals surface area (Å²) in [6.45, 7) is 1.25. The first-order valence-electron chi connectivity index (χ1n) is 6.65. The van der Waals surface area contributed by atoms with Gasteiger partial charge < -0.3 is 22.5 Å². The largest absolute Gasteiger partial charge is 0.383 e. The van der Waals surface area contributed by atoms with Crippen molar-refractivity contribution in [2.75, 3.05) is 12.3 Å². The highest BCUT2D eigenvalue weighted by Gasteiger charge is 2.04. The van der Waals surface area contributed by atoms with E-state index < -0.39 is 0 Å². The van der Waals surface area contributed by atoms with Crippen molar-refractivity contribution in [3.8, 4) is 0 Å². The minimum atomic E-state index is -0.329. The van der Waals surface area contributed by atoms with E-state index in [2.05, 4.69) is 10.3 Å². The van der Waals surface area contributed by atoms with Gasteiger partial charge in [0.2, 0.25) is 0 Å². The summed E-state index contributed by atoms with van der Waals surface area (Å²) in [5, 5.41) is 9.75. The van der Waals surface area contributed by atoms with E-state index in [0.29, 0.717) is 13.1 Å². The second-order valence-electron chi connectivity index (χ2n) is 4.71. The molecule has 0 radical (unpaired) electrons. The first kappa shape index (κ1) is 16.0. The van der Waals surface area contributed by atoms with Crippen molar-refractivity contribution >= 4 is 11.8 Å². The number of anilines is 1. The molecular weight excluding hydrogens is 258 g/mol. The molecule has 20 heavy (non-hydrogen) atoms. The summed E-state index contributed by atoms with van der Waals surface area (Å²) in [5.74, 6) is 0.217. The second kappa shape index (κ2) is 8.16. The van der Waals surface area contributed by atoms with Crippen molar-refractivity contribution in [1.29, 1.82) is 5.41 Å². The van der Waals surface area contributed by atoms with Gasteiger partial charge in [0.1, 0.15) is 5.82 Å². The highest BCUT2D eigenvalue weighted by Crippen LogP contribution is 2.03. The Morgan fingerprint density at radius 3 is 2.80 bits per heavy atom. The maximum absolute atomic E-state index is 11.5. The van der Waals surface area contributed by atoms with Gasteiger partial charge in [-0.05, 0) is 31.7 Å². The third-order valence-electron chi connectivity index (χ3n) is 2.94. The average molecular weight is 281 g/mol. The molecule has 0 saturated heterocycles.